The van der Waals surface area contributed by atoms with Crippen molar-refractivity contribution >= 4 is 5.82 Å². The third kappa shape index (κ3) is 4.11. The highest BCUT2D eigenvalue weighted by atomic mass is 19.3. The van der Waals surface area contributed by atoms with E-state index in [0.29, 0.717) is 17.2 Å². The topological polar surface area (TPSA) is 47.0 Å². The molecule has 0 atom stereocenters. The van der Waals surface area contributed by atoms with Crippen LogP contribution in [-0.2, 0) is 0 Å². The molecule has 0 saturated heterocycles. The van der Waals surface area contributed by atoms with Gasteiger partial charge in [-0.1, -0.05) is 19.1 Å². The van der Waals surface area contributed by atoms with E-state index in [1.807, 2.05) is 19.9 Å². The molecular formula is C15H17F2N3O. The summed E-state index contributed by atoms with van der Waals surface area (Å²) in [7, 11) is 0. The number of alkyl halides is 2. The molecular weight excluding hydrogens is 276 g/mol. The number of benzene rings is 1. The van der Waals surface area contributed by atoms with Gasteiger partial charge in [-0.3, -0.25) is 0 Å². The molecule has 6 heteroatoms. The molecule has 112 valence electrons. The maximum atomic E-state index is 12.5. The summed E-state index contributed by atoms with van der Waals surface area (Å²) in [5.74, 6) is 1.11. The number of rotatable bonds is 6. The lowest BCUT2D eigenvalue weighted by Crippen LogP contribution is -2.06. The standard InChI is InChI=1S/C15H17F2N3O/c1-3-8-18-13-9-10(2)19-14(20-13)11-6-4-5-7-12(11)21-15(16)17/h4-7,9,15H,3,8H2,1-2H3,(H,18,19,20). The van der Waals surface area contributed by atoms with Crippen LogP contribution in [0.4, 0.5) is 14.6 Å². The number of aryl methyl sites for hydroxylation is 1. The van der Waals surface area contributed by atoms with Crippen LogP contribution in [0.2, 0.25) is 0 Å². The first kappa shape index (κ1) is 15.2. The van der Waals surface area contributed by atoms with Gasteiger partial charge in [-0.2, -0.15) is 8.78 Å². The summed E-state index contributed by atoms with van der Waals surface area (Å²) in [4.78, 5) is 8.67. The number of para-hydroxylation sites is 1. The zero-order chi connectivity index (χ0) is 15.2. The van der Waals surface area contributed by atoms with Crippen molar-refractivity contribution in [1.82, 2.24) is 9.97 Å². The third-order valence-corrected chi connectivity index (χ3v) is 2.75. The van der Waals surface area contributed by atoms with Crippen LogP contribution >= 0.6 is 0 Å². The first-order valence-electron chi connectivity index (χ1n) is 6.74. The van der Waals surface area contributed by atoms with Crippen molar-refractivity contribution < 1.29 is 13.5 Å². The van der Waals surface area contributed by atoms with E-state index in [4.69, 9.17) is 0 Å². The first-order valence-corrected chi connectivity index (χ1v) is 6.74. The minimum atomic E-state index is -2.88. The zero-order valence-electron chi connectivity index (χ0n) is 11.9. The van der Waals surface area contributed by atoms with E-state index in [0.717, 1.165) is 18.7 Å². The molecule has 1 heterocycles. The molecule has 0 saturated carbocycles. The molecule has 0 aliphatic heterocycles. The number of ether oxygens (including phenoxy) is 1. The zero-order valence-corrected chi connectivity index (χ0v) is 11.9. The molecule has 2 rings (SSSR count). The van der Waals surface area contributed by atoms with Crippen molar-refractivity contribution in [2.75, 3.05) is 11.9 Å². The number of hydrogen-bond donors (Lipinski definition) is 1. The van der Waals surface area contributed by atoms with E-state index >= 15 is 0 Å². The number of aromatic nitrogens is 2. The lowest BCUT2D eigenvalue weighted by atomic mass is 10.2. The molecule has 0 amide bonds. The Hall–Kier alpha value is -2.24. The highest BCUT2D eigenvalue weighted by Gasteiger charge is 2.13. The van der Waals surface area contributed by atoms with Crippen LogP contribution < -0.4 is 10.1 Å². The number of nitrogens with one attached hydrogen (secondary N) is 1. The second-order valence-electron chi connectivity index (χ2n) is 4.52. The maximum absolute atomic E-state index is 12.5. The van der Waals surface area contributed by atoms with Gasteiger partial charge >= 0.3 is 6.61 Å². The van der Waals surface area contributed by atoms with Crippen LogP contribution in [-0.4, -0.2) is 23.1 Å². The normalized spacial score (nSPS) is 10.7. The number of hydrogen-bond acceptors (Lipinski definition) is 4. The minimum Gasteiger partial charge on any atom is -0.434 e. The average Bonchev–Trinajstić information content (AvgIpc) is 2.44. The van der Waals surface area contributed by atoms with Crippen molar-refractivity contribution in [1.29, 1.82) is 0 Å². The number of nitrogens with zero attached hydrogens (tertiary/aromatic N) is 2. The smallest absolute Gasteiger partial charge is 0.387 e. The van der Waals surface area contributed by atoms with Gasteiger partial charge < -0.3 is 10.1 Å². The monoisotopic (exact) mass is 293 g/mol. The van der Waals surface area contributed by atoms with Gasteiger partial charge in [0.1, 0.15) is 11.6 Å². The quantitative estimate of drug-likeness (QED) is 0.878. The van der Waals surface area contributed by atoms with Crippen molar-refractivity contribution in [2.24, 2.45) is 0 Å². The van der Waals surface area contributed by atoms with Gasteiger partial charge in [-0.25, -0.2) is 9.97 Å². The van der Waals surface area contributed by atoms with Crippen molar-refractivity contribution in [3.8, 4) is 17.1 Å². The van der Waals surface area contributed by atoms with Gasteiger partial charge in [0.15, 0.2) is 5.82 Å². The van der Waals surface area contributed by atoms with Gasteiger partial charge in [0.25, 0.3) is 0 Å². The van der Waals surface area contributed by atoms with E-state index in [9.17, 15) is 8.78 Å². The molecule has 0 aliphatic rings. The molecule has 1 aromatic heterocycles. The van der Waals surface area contributed by atoms with Crippen LogP contribution in [0, 0.1) is 6.92 Å². The van der Waals surface area contributed by atoms with Gasteiger partial charge in [0.05, 0.1) is 5.56 Å². The van der Waals surface area contributed by atoms with Gasteiger partial charge in [-0.05, 0) is 25.5 Å². The van der Waals surface area contributed by atoms with Gasteiger partial charge in [-0.15, -0.1) is 0 Å². The molecule has 1 N–H and O–H groups in total. The summed E-state index contributed by atoms with van der Waals surface area (Å²) in [6, 6.07) is 8.32. The summed E-state index contributed by atoms with van der Waals surface area (Å²) >= 11 is 0. The molecule has 0 aliphatic carbocycles. The Labute approximate surface area is 122 Å². The fourth-order valence-electron chi connectivity index (χ4n) is 1.88. The Balaban J connectivity index is 2.39. The molecule has 4 nitrogen and oxygen atoms in total. The Kier molecular flexibility index (Phi) is 5.03. The van der Waals surface area contributed by atoms with Crippen LogP contribution in [0.3, 0.4) is 0 Å². The summed E-state index contributed by atoms with van der Waals surface area (Å²) in [5, 5.41) is 3.17. The van der Waals surface area contributed by atoms with E-state index in [-0.39, 0.29) is 5.75 Å². The second kappa shape index (κ2) is 6.97. The minimum absolute atomic E-state index is 0.0690. The number of halogens is 2. The van der Waals surface area contributed by atoms with Gasteiger partial charge in [0, 0.05) is 18.3 Å². The van der Waals surface area contributed by atoms with Crippen molar-refractivity contribution in [2.45, 2.75) is 26.9 Å². The Morgan fingerprint density at radius 1 is 1.24 bits per heavy atom. The highest BCUT2D eigenvalue weighted by Crippen LogP contribution is 2.29. The van der Waals surface area contributed by atoms with Crippen LogP contribution in [0.15, 0.2) is 30.3 Å². The Morgan fingerprint density at radius 3 is 2.71 bits per heavy atom. The molecule has 2 aromatic rings. The predicted molar refractivity (Wildman–Crippen MR) is 77.6 cm³/mol. The largest absolute Gasteiger partial charge is 0.434 e. The third-order valence-electron chi connectivity index (χ3n) is 2.75. The molecule has 0 radical (unpaired) electrons. The fraction of sp³-hybridized carbons (Fsp3) is 0.333. The average molecular weight is 293 g/mol. The van der Waals surface area contributed by atoms with Crippen LogP contribution in [0.5, 0.6) is 5.75 Å². The Bertz CT molecular complexity index is 605. The van der Waals surface area contributed by atoms with Gasteiger partial charge in [0.2, 0.25) is 0 Å². The summed E-state index contributed by atoms with van der Waals surface area (Å²) < 4.78 is 29.5. The highest BCUT2D eigenvalue weighted by molar-refractivity contribution is 5.65. The molecule has 0 bridgehead atoms. The van der Waals surface area contributed by atoms with E-state index < -0.39 is 6.61 Å². The van der Waals surface area contributed by atoms with E-state index in [1.165, 1.54) is 6.07 Å². The molecule has 0 fully saturated rings. The maximum Gasteiger partial charge on any atom is 0.387 e. The first-order chi connectivity index (χ1) is 10.1. The Morgan fingerprint density at radius 2 is 2.00 bits per heavy atom. The SMILES string of the molecule is CCCNc1cc(C)nc(-c2ccccc2OC(F)F)n1. The summed E-state index contributed by atoms with van der Waals surface area (Å²) in [6.07, 6.45) is 0.962. The number of anilines is 1. The molecule has 21 heavy (non-hydrogen) atoms. The summed E-state index contributed by atoms with van der Waals surface area (Å²) in [5.41, 5.74) is 1.20. The summed E-state index contributed by atoms with van der Waals surface area (Å²) in [6.45, 7) is 1.78. The van der Waals surface area contributed by atoms with E-state index in [2.05, 4.69) is 20.0 Å². The second-order valence-corrected chi connectivity index (χ2v) is 4.52. The lowest BCUT2D eigenvalue weighted by molar-refractivity contribution is -0.0494. The van der Waals surface area contributed by atoms with Crippen molar-refractivity contribution in [3.63, 3.8) is 0 Å². The van der Waals surface area contributed by atoms with Crippen LogP contribution in [0.1, 0.15) is 19.0 Å². The van der Waals surface area contributed by atoms with Crippen molar-refractivity contribution in [3.05, 3.63) is 36.0 Å². The molecule has 1 aromatic carbocycles. The predicted octanol–water partition coefficient (Wildman–Crippen LogP) is 3.88. The fourth-order valence-corrected chi connectivity index (χ4v) is 1.88. The molecule has 0 unspecified atom stereocenters. The van der Waals surface area contributed by atoms with Crippen LogP contribution in [0.25, 0.3) is 11.4 Å². The molecule has 0 spiro atoms. The lowest BCUT2D eigenvalue weighted by Gasteiger charge is -2.11. The van der Waals surface area contributed by atoms with E-state index in [1.54, 1.807) is 18.2 Å².